The van der Waals surface area contributed by atoms with Crippen LogP contribution in [-0.4, -0.2) is 36.0 Å². The normalized spacial score (nSPS) is 15.2. The Bertz CT molecular complexity index is 704. The third-order valence-corrected chi connectivity index (χ3v) is 4.73. The Labute approximate surface area is 155 Å². The second-order valence-corrected chi connectivity index (χ2v) is 7.02. The summed E-state index contributed by atoms with van der Waals surface area (Å²) < 4.78 is 0. The largest absolute Gasteiger partial charge is 0.378 e. The summed E-state index contributed by atoms with van der Waals surface area (Å²) in [6.07, 6.45) is 10.1. The first kappa shape index (κ1) is 18.2. The maximum Gasteiger partial charge on any atom is 0.271 e. The van der Waals surface area contributed by atoms with E-state index >= 15 is 0 Å². The second-order valence-electron chi connectivity index (χ2n) is 7.02. The topological polar surface area (TPSA) is 70.2 Å². The van der Waals surface area contributed by atoms with Crippen LogP contribution in [0.5, 0.6) is 0 Å². The summed E-state index contributed by atoms with van der Waals surface area (Å²) in [6.45, 7) is 0. The van der Waals surface area contributed by atoms with Crippen LogP contribution in [0, 0.1) is 0 Å². The summed E-state index contributed by atoms with van der Waals surface area (Å²) in [5.41, 5.74) is 2.43. The number of aromatic nitrogens is 2. The third kappa shape index (κ3) is 4.94. The number of carbonyl (C=O) groups is 1. The number of hydrogen-bond donors (Lipinski definition) is 2. The molecule has 1 aromatic heterocycles. The average molecular weight is 353 g/mol. The first-order chi connectivity index (χ1) is 12.6. The maximum atomic E-state index is 12.4. The van der Waals surface area contributed by atoms with E-state index in [1.165, 1.54) is 31.9 Å². The van der Waals surface area contributed by atoms with E-state index in [4.69, 9.17) is 0 Å². The zero-order valence-electron chi connectivity index (χ0n) is 15.5. The van der Waals surface area contributed by atoms with E-state index in [1.807, 2.05) is 43.3 Å². The highest BCUT2D eigenvalue weighted by Crippen LogP contribution is 2.19. The van der Waals surface area contributed by atoms with Crippen LogP contribution in [0.4, 0.5) is 17.2 Å². The number of amides is 1. The van der Waals surface area contributed by atoms with E-state index in [1.54, 1.807) is 6.20 Å². The molecule has 1 aromatic carbocycles. The monoisotopic (exact) mass is 353 g/mol. The van der Waals surface area contributed by atoms with Crippen molar-refractivity contribution < 1.29 is 4.79 Å². The molecule has 1 amide bonds. The van der Waals surface area contributed by atoms with Crippen molar-refractivity contribution in [3.05, 3.63) is 42.4 Å². The summed E-state index contributed by atoms with van der Waals surface area (Å²) in [5.74, 6) is 0.486. The molecule has 0 unspecified atom stereocenters. The number of nitrogens with zero attached hydrogens (tertiary/aromatic N) is 3. The van der Waals surface area contributed by atoms with Crippen molar-refractivity contribution in [1.29, 1.82) is 0 Å². The molecule has 6 nitrogen and oxygen atoms in total. The van der Waals surface area contributed by atoms with E-state index in [2.05, 4.69) is 20.6 Å². The van der Waals surface area contributed by atoms with Crippen LogP contribution in [0.3, 0.4) is 0 Å². The Hall–Kier alpha value is -2.63. The Morgan fingerprint density at radius 1 is 1.00 bits per heavy atom. The summed E-state index contributed by atoms with van der Waals surface area (Å²) in [7, 11) is 4.01. The van der Waals surface area contributed by atoms with Crippen LogP contribution in [0.25, 0.3) is 0 Å². The lowest BCUT2D eigenvalue weighted by Crippen LogP contribution is -2.34. The molecule has 6 heteroatoms. The fourth-order valence-electron chi connectivity index (χ4n) is 3.18. The van der Waals surface area contributed by atoms with Crippen LogP contribution in [0.15, 0.2) is 36.7 Å². The van der Waals surface area contributed by atoms with Crippen molar-refractivity contribution >= 4 is 23.1 Å². The summed E-state index contributed by atoms with van der Waals surface area (Å²) in [6, 6.07) is 8.31. The lowest BCUT2D eigenvalue weighted by atomic mass is 10.1. The average Bonchev–Trinajstić information content (AvgIpc) is 2.91. The van der Waals surface area contributed by atoms with Crippen LogP contribution >= 0.6 is 0 Å². The summed E-state index contributed by atoms with van der Waals surface area (Å²) in [4.78, 5) is 23.0. The van der Waals surface area contributed by atoms with Gasteiger partial charge in [-0.05, 0) is 37.1 Å². The van der Waals surface area contributed by atoms with Crippen molar-refractivity contribution in [2.24, 2.45) is 0 Å². The van der Waals surface area contributed by atoms with Crippen molar-refractivity contribution in [3.8, 4) is 0 Å². The number of carbonyl (C=O) groups excluding carboxylic acids is 1. The molecule has 3 rings (SSSR count). The van der Waals surface area contributed by atoms with Gasteiger partial charge >= 0.3 is 0 Å². The minimum atomic E-state index is -0.133. The van der Waals surface area contributed by atoms with Gasteiger partial charge in [0.15, 0.2) is 0 Å². The molecule has 0 radical (unpaired) electrons. The molecule has 0 spiro atoms. The van der Waals surface area contributed by atoms with Crippen LogP contribution < -0.4 is 15.5 Å². The Kier molecular flexibility index (Phi) is 6.04. The molecule has 0 aliphatic heterocycles. The summed E-state index contributed by atoms with van der Waals surface area (Å²) >= 11 is 0. The number of rotatable bonds is 5. The number of nitrogens with one attached hydrogen (secondary N) is 2. The van der Waals surface area contributed by atoms with E-state index in [0.717, 1.165) is 24.2 Å². The molecule has 1 saturated carbocycles. The molecule has 1 fully saturated rings. The highest BCUT2D eigenvalue weighted by molar-refractivity contribution is 5.92. The van der Waals surface area contributed by atoms with Gasteiger partial charge in [-0.3, -0.25) is 4.79 Å². The fraction of sp³-hybridized carbons (Fsp3) is 0.450. The van der Waals surface area contributed by atoms with Gasteiger partial charge in [0.1, 0.15) is 11.5 Å². The molecule has 26 heavy (non-hydrogen) atoms. The molecule has 1 heterocycles. The van der Waals surface area contributed by atoms with Gasteiger partial charge in [0, 0.05) is 31.5 Å². The molecule has 1 aliphatic rings. The minimum absolute atomic E-state index is 0.133. The predicted molar refractivity (Wildman–Crippen MR) is 105 cm³/mol. The zero-order valence-corrected chi connectivity index (χ0v) is 15.5. The number of anilines is 3. The smallest absolute Gasteiger partial charge is 0.271 e. The Balaban J connectivity index is 1.58. The molecule has 0 bridgehead atoms. The fourth-order valence-corrected chi connectivity index (χ4v) is 3.18. The molecule has 2 aromatic rings. The van der Waals surface area contributed by atoms with Crippen LogP contribution in [0.2, 0.25) is 0 Å². The molecule has 2 N–H and O–H groups in total. The van der Waals surface area contributed by atoms with Crippen molar-refractivity contribution in [2.45, 2.75) is 44.6 Å². The van der Waals surface area contributed by atoms with Gasteiger partial charge in [-0.1, -0.05) is 25.7 Å². The first-order valence-corrected chi connectivity index (χ1v) is 9.29. The van der Waals surface area contributed by atoms with E-state index in [-0.39, 0.29) is 11.9 Å². The second kappa shape index (κ2) is 8.65. The number of hydrogen-bond acceptors (Lipinski definition) is 5. The highest BCUT2D eigenvalue weighted by Gasteiger charge is 2.16. The van der Waals surface area contributed by atoms with Gasteiger partial charge in [0.05, 0.1) is 12.4 Å². The maximum absolute atomic E-state index is 12.4. The van der Waals surface area contributed by atoms with Gasteiger partial charge in [0.2, 0.25) is 0 Å². The van der Waals surface area contributed by atoms with Gasteiger partial charge in [-0.15, -0.1) is 0 Å². The zero-order chi connectivity index (χ0) is 18.4. The Morgan fingerprint density at radius 2 is 1.69 bits per heavy atom. The molecular weight excluding hydrogens is 326 g/mol. The van der Waals surface area contributed by atoms with Crippen molar-refractivity contribution in [1.82, 2.24) is 15.3 Å². The lowest BCUT2D eigenvalue weighted by Gasteiger charge is -2.15. The van der Waals surface area contributed by atoms with E-state index in [0.29, 0.717) is 11.5 Å². The Morgan fingerprint density at radius 3 is 2.27 bits per heavy atom. The number of benzene rings is 1. The highest BCUT2D eigenvalue weighted by atomic mass is 16.1. The van der Waals surface area contributed by atoms with E-state index in [9.17, 15) is 4.79 Å². The predicted octanol–water partition coefficient (Wildman–Crippen LogP) is 3.74. The molecule has 0 atom stereocenters. The van der Waals surface area contributed by atoms with Crippen LogP contribution in [0.1, 0.15) is 49.0 Å². The standard InChI is InChI=1S/C20H27N5O/c1-25(2)17-11-9-16(10-12-17)23-19-14-21-18(13-22-19)20(26)24-15-7-5-3-4-6-8-15/h9-15H,3-8H2,1-2H3,(H,22,23)(H,24,26). The molecular formula is C20H27N5O. The summed E-state index contributed by atoms with van der Waals surface area (Å²) in [5, 5.41) is 6.30. The minimum Gasteiger partial charge on any atom is -0.378 e. The van der Waals surface area contributed by atoms with Crippen molar-refractivity contribution in [3.63, 3.8) is 0 Å². The SMILES string of the molecule is CN(C)c1ccc(Nc2cnc(C(=O)NC3CCCCCC3)cn2)cc1. The lowest BCUT2D eigenvalue weighted by molar-refractivity contribution is 0.0928. The third-order valence-electron chi connectivity index (χ3n) is 4.73. The van der Waals surface area contributed by atoms with Gasteiger partial charge in [-0.25, -0.2) is 9.97 Å². The van der Waals surface area contributed by atoms with E-state index < -0.39 is 0 Å². The quantitative estimate of drug-likeness (QED) is 0.802. The van der Waals surface area contributed by atoms with Crippen LogP contribution in [-0.2, 0) is 0 Å². The molecule has 0 saturated heterocycles. The first-order valence-electron chi connectivity index (χ1n) is 9.29. The van der Waals surface area contributed by atoms with Gasteiger partial charge in [-0.2, -0.15) is 0 Å². The molecule has 138 valence electrons. The van der Waals surface area contributed by atoms with Gasteiger partial charge in [0.25, 0.3) is 5.91 Å². The van der Waals surface area contributed by atoms with Crippen molar-refractivity contribution in [2.75, 3.05) is 24.3 Å². The molecule has 1 aliphatic carbocycles. The van der Waals surface area contributed by atoms with Gasteiger partial charge < -0.3 is 15.5 Å².